The van der Waals surface area contributed by atoms with Crippen LogP contribution >= 0.6 is 0 Å². The van der Waals surface area contributed by atoms with Crippen LogP contribution in [0.25, 0.3) is 11.0 Å². The Balaban J connectivity index is 1.36. The highest BCUT2D eigenvalue weighted by atomic mass is 32.2. The Labute approximate surface area is 201 Å². The SMILES string of the molecule is COc1ccc(S(=O)(=O)N2CCC(NC(=O)Cc3coc4cc(C)c(C(C)C)cc34)CC2)cc1. The number of rotatable bonds is 7. The van der Waals surface area contributed by atoms with Gasteiger partial charge in [0.1, 0.15) is 11.3 Å². The number of hydrogen-bond donors (Lipinski definition) is 1. The highest BCUT2D eigenvalue weighted by molar-refractivity contribution is 7.89. The minimum atomic E-state index is -3.57. The number of nitrogens with zero attached hydrogens (tertiary/aromatic N) is 1. The quantitative estimate of drug-likeness (QED) is 0.537. The Kier molecular flexibility index (Phi) is 7.00. The first-order valence-corrected chi connectivity index (χ1v) is 13.1. The highest BCUT2D eigenvalue weighted by Crippen LogP contribution is 2.29. The molecule has 1 aliphatic heterocycles. The van der Waals surface area contributed by atoms with Gasteiger partial charge in [-0.3, -0.25) is 4.79 Å². The minimum Gasteiger partial charge on any atom is -0.497 e. The van der Waals surface area contributed by atoms with Crippen molar-refractivity contribution in [3.63, 3.8) is 0 Å². The molecule has 0 unspecified atom stereocenters. The summed E-state index contributed by atoms with van der Waals surface area (Å²) in [6.45, 7) is 7.12. The molecule has 1 aromatic heterocycles. The van der Waals surface area contributed by atoms with Crippen LogP contribution in [0.1, 0.15) is 49.3 Å². The summed E-state index contributed by atoms with van der Waals surface area (Å²) in [6.07, 6.45) is 3.05. The Morgan fingerprint density at radius 2 is 1.85 bits per heavy atom. The van der Waals surface area contributed by atoms with E-state index in [9.17, 15) is 13.2 Å². The summed E-state index contributed by atoms with van der Waals surface area (Å²) in [5, 5.41) is 4.06. The average molecular weight is 485 g/mol. The number of aryl methyl sites for hydroxylation is 1. The van der Waals surface area contributed by atoms with E-state index in [0.717, 1.165) is 16.5 Å². The predicted molar refractivity (Wildman–Crippen MR) is 132 cm³/mol. The molecule has 8 heteroatoms. The first-order chi connectivity index (χ1) is 16.2. The Bertz CT molecular complexity index is 1270. The van der Waals surface area contributed by atoms with E-state index in [2.05, 4.69) is 32.2 Å². The molecule has 0 spiro atoms. The van der Waals surface area contributed by atoms with E-state index in [1.165, 1.54) is 15.4 Å². The van der Waals surface area contributed by atoms with Crippen molar-refractivity contribution in [2.24, 2.45) is 0 Å². The van der Waals surface area contributed by atoms with Crippen molar-refractivity contribution >= 4 is 26.9 Å². The van der Waals surface area contributed by atoms with E-state index in [1.54, 1.807) is 37.6 Å². The van der Waals surface area contributed by atoms with E-state index >= 15 is 0 Å². The number of fused-ring (bicyclic) bond motifs is 1. The summed E-state index contributed by atoms with van der Waals surface area (Å²) < 4.78 is 38.2. The van der Waals surface area contributed by atoms with Gasteiger partial charge in [-0.05, 0) is 73.2 Å². The summed E-state index contributed by atoms with van der Waals surface area (Å²) in [5.74, 6) is 0.924. The number of ether oxygens (including phenoxy) is 1. The van der Waals surface area contributed by atoms with Crippen molar-refractivity contribution in [2.75, 3.05) is 20.2 Å². The molecule has 0 saturated carbocycles. The number of sulfonamides is 1. The van der Waals surface area contributed by atoms with Crippen LogP contribution in [0.3, 0.4) is 0 Å². The lowest BCUT2D eigenvalue weighted by Crippen LogP contribution is -2.46. The summed E-state index contributed by atoms with van der Waals surface area (Å²) in [7, 11) is -2.02. The Hall–Kier alpha value is -2.84. The molecular formula is C26H32N2O5S. The molecule has 0 aliphatic carbocycles. The van der Waals surface area contributed by atoms with Crippen LogP contribution < -0.4 is 10.1 Å². The number of piperidine rings is 1. The topological polar surface area (TPSA) is 88.9 Å². The summed E-state index contributed by atoms with van der Waals surface area (Å²) in [5.41, 5.74) is 4.10. The lowest BCUT2D eigenvalue weighted by Gasteiger charge is -2.31. The van der Waals surface area contributed by atoms with Crippen molar-refractivity contribution in [1.82, 2.24) is 9.62 Å². The molecule has 3 aromatic rings. The van der Waals surface area contributed by atoms with Gasteiger partial charge in [-0.1, -0.05) is 13.8 Å². The monoisotopic (exact) mass is 484 g/mol. The van der Waals surface area contributed by atoms with Gasteiger partial charge in [0, 0.05) is 30.1 Å². The van der Waals surface area contributed by atoms with Crippen molar-refractivity contribution < 1.29 is 22.4 Å². The second-order valence-electron chi connectivity index (χ2n) is 9.22. The normalized spacial score (nSPS) is 15.7. The number of methoxy groups -OCH3 is 1. The maximum Gasteiger partial charge on any atom is 0.243 e. The second kappa shape index (κ2) is 9.80. The Morgan fingerprint density at radius 3 is 2.47 bits per heavy atom. The van der Waals surface area contributed by atoms with Gasteiger partial charge in [0.05, 0.1) is 24.7 Å². The van der Waals surface area contributed by atoms with E-state index < -0.39 is 10.0 Å². The van der Waals surface area contributed by atoms with E-state index in [1.807, 2.05) is 6.07 Å². The minimum absolute atomic E-state index is 0.0542. The number of furan rings is 1. The first kappa shape index (κ1) is 24.3. The number of benzene rings is 2. The first-order valence-electron chi connectivity index (χ1n) is 11.6. The smallest absolute Gasteiger partial charge is 0.243 e. The molecule has 0 atom stereocenters. The van der Waals surface area contributed by atoms with Gasteiger partial charge in [-0.15, -0.1) is 0 Å². The van der Waals surface area contributed by atoms with Crippen LogP contribution in [0, 0.1) is 6.92 Å². The van der Waals surface area contributed by atoms with Crippen LogP contribution in [-0.4, -0.2) is 44.9 Å². The van der Waals surface area contributed by atoms with Crippen LogP contribution in [0.5, 0.6) is 5.75 Å². The van der Waals surface area contributed by atoms with Crippen LogP contribution in [0.4, 0.5) is 0 Å². The van der Waals surface area contributed by atoms with Gasteiger partial charge in [0.2, 0.25) is 15.9 Å². The molecule has 0 radical (unpaired) electrons. The standard InChI is InChI=1S/C26H32N2O5S/c1-17(2)23-15-24-19(16-33-25(24)13-18(23)3)14-26(29)27-20-9-11-28(12-10-20)34(30,31)22-7-5-21(32-4)6-8-22/h5-8,13,15-17,20H,9-12,14H2,1-4H3,(H,27,29). The second-order valence-corrected chi connectivity index (χ2v) is 11.2. The van der Waals surface area contributed by atoms with Crippen molar-refractivity contribution in [2.45, 2.75) is 56.9 Å². The number of carbonyl (C=O) groups is 1. The fourth-order valence-corrected chi connectivity index (χ4v) is 6.06. The molecule has 182 valence electrons. The summed E-state index contributed by atoms with van der Waals surface area (Å²) in [4.78, 5) is 13.0. The van der Waals surface area contributed by atoms with Crippen molar-refractivity contribution in [3.05, 3.63) is 59.4 Å². The Morgan fingerprint density at radius 1 is 1.18 bits per heavy atom. The number of amides is 1. The zero-order valence-corrected chi connectivity index (χ0v) is 20.9. The third kappa shape index (κ3) is 4.98. The molecule has 1 N–H and O–H groups in total. The highest BCUT2D eigenvalue weighted by Gasteiger charge is 2.30. The lowest BCUT2D eigenvalue weighted by molar-refractivity contribution is -0.121. The molecule has 7 nitrogen and oxygen atoms in total. The molecular weight excluding hydrogens is 452 g/mol. The molecule has 1 amide bonds. The average Bonchev–Trinajstić information content (AvgIpc) is 3.19. The number of carbonyl (C=O) groups excluding carboxylic acids is 1. The van der Waals surface area contributed by atoms with E-state index in [0.29, 0.717) is 37.6 Å². The molecule has 2 heterocycles. The predicted octanol–water partition coefficient (Wildman–Crippen LogP) is 4.39. The zero-order valence-electron chi connectivity index (χ0n) is 20.1. The zero-order chi connectivity index (χ0) is 24.5. The summed E-state index contributed by atoms with van der Waals surface area (Å²) in [6, 6.07) is 10.5. The molecule has 1 aliphatic rings. The number of nitrogens with one attached hydrogen (secondary N) is 1. The lowest BCUT2D eigenvalue weighted by atomic mass is 9.95. The third-order valence-electron chi connectivity index (χ3n) is 6.53. The van der Waals surface area contributed by atoms with Crippen molar-refractivity contribution in [1.29, 1.82) is 0 Å². The van der Waals surface area contributed by atoms with Crippen LogP contribution in [0.15, 0.2) is 52.0 Å². The number of hydrogen-bond acceptors (Lipinski definition) is 5. The summed E-state index contributed by atoms with van der Waals surface area (Å²) >= 11 is 0. The molecule has 1 saturated heterocycles. The maximum absolute atomic E-state index is 12.9. The van der Waals surface area contributed by atoms with Gasteiger partial charge >= 0.3 is 0 Å². The molecule has 4 rings (SSSR count). The third-order valence-corrected chi connectivity index (χ3v) is 8.44. The molecule has 34 heavy (non-hydrogen) atoms. The van der Waals surface area contributed by atoms with Gasteiger partial charge in [-0.2, -0.15) is 4.31 Å². The van der Waals surface area contributed by atoms with Gasteiger partial charge in [0.15, 0.2) is 0 Å². The molecule has 2 aromatic carbocycles. The van der Waals surface area contributed by atoms with Gasteiger partial charge in [0.25, 0.3) is 0 Å². The van der Waals surface area contributed by atoms with Gasteiger partial charge in [-0.25, -0.2) is 8.42 Å². The van der Waals surface area contributed by atoms with Crippen LogP contribution in [0.2, 0.25) is 0 Å². The molecule has 0 bridgehead atoms. The fraction of sp³-hybridized carbons (Fsp3) is 0.423. The fourth-order valence-electron chi connectivity index (χ4n) is 4.59. The van der Waals surface area contributed by atoms with Crippen molar-refractivity contribution in [3.8, 4) is 5.75 Å². The van der Waals surface area contributed by atoms with E-state index in [-0.39, 0.29) is 23.3 Å². The largest absolute Gasteiger partial charge is 0.497 e. The maximum atomic E-state index is 12.9. The molecule has 1 fully saturated rings. The van der Waals surface area contributed by atoms with Crippen LogP contribution in [-0.2, 0) is 21.2 Å². The van der Waals surface area contributed by atoms with E-state index in [4.69, 9.17) is 9.15 Å². The van der Waals surface area contributed by atoms with Gasteiger partial charge < -0.3 is 14.5 Å².